The molecule has 0 saturated heterocycles. The molecule has 19 nitrogen and oxygen atoms in total. The summed E-state index contributed by atoms with van der Waals surface area (Å²) in [5, 5.41) is 0. The molecule has 348 valence electrons. The zero-order valence-electron chi connectivity index (χ0n) is 33.2. The van der Waals surface area contributed by atoms with Gasteiger partial charge in [0.2, 0.25) is 0 Å². The number of rotatable bonds is 33. The molecule has 2 N–H and O–H groups in total. The summed E-state index contributed by atoms with van der Waals surface area (Å²) in [5.41, 5.74) is -2.61. The van der Waals surface area contributed by atoms with Crippen molar-refractivity contribution in [2.45, 2.75) is 45.4 Å². The van der Waals surface area contributed by atoms with Crippen LogP contribution >= 0.6 is 83.6 Å². The maximum Gasteiger partial charge on any atom is 0.469 e. The summed E-state index contributed by atoms with van der Waals surface area (Å²) in [6, 6.07) is 0. The Bertz CT molecular complexity index is 1200. The van der Waals surface area contributed by atoms with E-state index in [1.807, 2.05) is 0 Å². The summed E-state index contributed by atoms with van der Waals surface area (Å²) in [5.74, 6) is -2.99. The Morgan fingerprint density at radius 1 is 0.467 bits per heavy atom. The van der Waals surface area contributed by atoms with Gasteiger partial charge in [0.05, 0.1) is 69.2 Å². The van der Waals surface area contributed by atoms with E-state index < -0.39 is 60.4 Å². The standard InChI is InChI=1S/C28H46O13S6.C6H11O6P/c29-21(1-7-42)36-15-27(16-37-22(30)2-8-43,17-38-23(31)3-9-44)13-35-14-28(18-39-24(32)4-10-45,19-40-25(33)5-11-46)20-41-26(34)6-12-47;1-5(2)6(7)11-3-4-12-13(8,9)10/h42-47H,1-20H2;1,3-4H2,2H3,(H2,8,9,10). The largest absolute Gasteiger partial charge is 0.469 e. The second-order valence-corrected chi connectivity index (χ2v) is 16.5. The van der Waals surface area contributed by atoms with E-state index in [9.17, 15) is 38.1 Å². The fourth-order valence-electron chi connectivity index (χ4n) is 3.78. The van der Waals surface area contributed by atoms with Crippen molar-refractivity contribution in [2.75, 3.05) is 101 Å². The molecule has 0 aromatic rings. The molecular formula is C34H57O19PS6. The van der Waals surface area contributed by atoms with Gasteiger partial charge in [-0.1, -0.05) is 6.58 Å². The van der Waals surface area contributed by atoms with Crippen LogP contribution in [-0.2, 0) is 80.5 Å². The Balaban J connectivity index is 0. The van der Waals surface area contributed by atoms with Crippen molar-refractivity contribution in [1.82, 2.24) is 0 Å². The Hall–Kier alpha value is -1.80. The second-order valence-electron chi connectivity index (χ2n) is 12.5. The highest BCUT2D eigenvalue weighted by Crippen LogP contribution is 2.35. The number of thiol groups is 6. The van der Waals surface area contributed by atoms with Gasteiger partial charge >= 0.3 is 49.6 Å². The minimum Gasteiger partial charge on any atom is -0.465 e. The van der Waals surface area contributed by atoms with E-state index >= 15 is 0 Å². The number of hydrogen-bond acceptors (Lipinski definition) is 23. The van der Waals surface area contributed by atoms with Crippen molar-refractivity contribution < 1.29 is 90.3 Å². The first-order valence-corrected chi connectivity index (χ1v) is 23.3. The van der Waals surface area contributed by atoms with E-state index in [0.717, 1.165) is 0 Å². The summed E-state index contributed by atoms with van der Waals surface area (Å²) >= 11 is 24.2. The van der Waals surface area contributed by atoms with Gasteiger partial charge in [-0.2, -0.15) is 75.8 Å². The molecule has 0 heterocycles. The van der Waals surface area contributed by atoms with Crippen LogP contribution in [0.5, 0.6) is 0 Å². The van der Waals surface area contributed by atoms with Gasteiger partial charge in [0.15, 0.2) is 0 Å². The molecule has 0 fully saturated rings. The molecular weight excluding hydrogens is 936 g/mol. The second kappa shape index (κ2) is 35.6. The number of ether oxygens (including phenoxy) is 8. The molecule has 0 radical (unpaired) electrons. The van der Waals surface area contributed by atoms with Gasteiger partial charge in [0.25, 0.3) is 0 Å². The molecule has 0 spiro atoms. The van der Waals surface area contributed by atoms with Crippen LogP contribution in [0.15, 0.2) is 12.2 Å². The first-order valence-electron chi connectivity index (χ1n) is 18.0. The summed E-state index contributed by atoms with van der Waals surface area (Å²) in [4.78, 5) is 101. The highest BCUT2D eigenvalue weighted by atomic mass is 32.1. The number of phosphoric ester groups is 1. The number of carbonyl (C=O) groups excluding carboxylic acids is 7. The summed E-state index contributed by atoms with van der Waals surface area (Å²) < 4.78 is 57.2. The molecule has 0 aliphatic rings. The number of hydrogen-bond donors (Lipinski definition) is 8. The molecule has 0 aromatic heterocycles. The van der Waals surface area contributed by atoms with Crippen molar-refractivity contribution in [1.29, 1.82) is 0 Å². The van der Waals surface area contributed by atoms with Crippen molar-refractivity contribution in [3.05, 3.63) is 12.2 Å². The van der Waals surface area contributed by atoms with Gasteiger partial charge in [0, 0.05) is 40.1 Å². The maximum absolute atomic E-state index is 12.3. The predicted molar refractivity (Wildman–Crippen MR) is 236 cm³/mol. The Morgan fingerprint density at radius 2 is 0.717 bits per heavy atom. The van der Waals surface area contributed by atoms with Gasteiger partial charge in [0.1, 0.15) is 46.2 Å². The first-order chi connectivity index (χ1) is 28.3. The third-order valence-corrected chi connectivity index (χ3v) is 8.73. The van der Waals surface area contributed by atoms with Gasteiger partial charge in [-0.05, 0) is 6.92 Å². The predicted octanol–water partition coefficient (Wildman–Crippen LogP) is 2.37. The average Bonchev–Trinajstić information content (AvgIpc) is 3.18. The summed E-state index contributed by atoms with van der Waals surface area (Å²) in [6.07, 6.45) is -0.113. The fraction of sp³-hybridized carbons (Fsp3) is 0.735. The number of carbonyl (C=O) groups is 7. The third kappa shape index (κ3) is 32.9. The number of phosphoric acid groups is 1. The van der Waals surface area contributed by atoms with Crippen LogP contribution in [-0.4, -0.2) is 152 Å². The van der Waals surface area contributed by atoms with E-state index in [1.54, 1.807) is 0 Å². The van der Waals surface area contributed by atoms with Gasteiger partial charge in [-0.15, -0.1) is 0 Å². The zero-order valence-corrected chi connectivity index (χ0v) is 39.5. The minimum atomic E-state index is -4.46. The lowest BCUT2D eigenvalue weighted by atomic mass is 9.90. The molecule has 0 aliphatic heterocycles. The van der Waals surface area contributed by atoms with Crippen LogP contribution in [0.25, 0.3) is 0 Å². The van der Waals surface area contributed by atoms with Crippen LogP contribution in [0.2, 0.25) is 0 Å². The lowest BCUT2D eigenvalue weighted by molar-refractivity contribution is -0.174. The maximum atomic E-state index is 12.3. The van der Waals surface area contributed by atoms with Crippen LogP contribution in [0.1, 0.15) is 45.4 Å². The van der Waals surface area contributed by atoms with Crippen molar-refractivity contribution >= 4 is 125 Å². The molecule has 60 heavy (non-hydrogen) atoms. The van der Waals surface area contributed by atoms with Crippen LogP contribution in [0.4, 0.5) is 0 Å². The average molecular weight is 993 g/mol. The lowest BCUT2D eigenvalue weighted by Crippen LogP contribution is -2.47. The highest BCUT2D eigenvalue weighted by molar-refractivity contribution is 7.81. The number of esters is 7. The molecule has 0 rings (SSSR count). The molecule has 0 unspecified atom stereocenters. The molecule has 0 amide bonds. The highest BCUT2D eigenvalue weighted by Gasteiger charge is 2.41. The van der Waals surface area contributed by atoms with E-state index in [0.29, 0.717) is 0 Å². The van der Waals surface area contributed by atoms with E-state index in [-0.39, 0.29) is 145 Å². The molecule has 0 atom stereocenters. The van der Waals surface area contributed by atoms with Crippen molar-refractivity contribution in [3.63, 3.8) is 0 Å². The summed E-state index contributed by atoms with van der Waals surface area (Å²) in [7, 11) is -4.46. The van der Waals surface area contributed by atoms with Crippen LogP contribution < -0.4 is 0 Å². The van der Waals surface area contributed by atoms with Crippen LogP contribution in [0.3, 0.4) is 0 Å². The third-order valence-electron chi connectivity index (χ3n) is 6.87. The molecule has 0 aromatic carbocycles. The monoisotopic (exact) mass is 992 g/mol. The van der Waals surface area contributed by atoms with E-state index in [2.05, 4.69) is 91.6 Å². The van der Waals surface area contributed by atoms with E-state index in [1.165, 1.54) is 6.92 Å². The van der Waals surface area contributed by atoms with Gasteiger partial charge in [-0.25, -0.2) is 9.36 Å². The normalized spacial score (nSPS) is 11.3. The molecule has 0 bridgehead atoms. The zero-order chi connectivity index (χ0) is 46.0. The minimum absolute atomic E-state index is 0.0189. The SMILES string of the molecule is C=C(C)C(=O)OCCOP(=O)(O)O.O=C(CCS)OCC(COCC(COC(=O)CCS)(COC(=O)CCS)COC(=O)CCS)(COC(=O)CCS)COC(=O)CCS. The summed E-state index contributed by atoms with van der Waals surface area (Å²) in [6.45, 7) is 1.20. The molecule has 0 aliphatic carbocycles. The van der Waals surface area contributed by atoms with Crippen molar-refractivity contribution in [3.8, 4) is 0 Å². The van der Waals surface area contributed by atoms with Gasteiger partial charge in [-0.3, -0.25) is 33.3 Å². The topological polar surface area (TPSA) is 260 Å². The fourth-order valence-corrected chi connectivity index (χ4v) is 5.19. The molecule has 26 heteroatoms. The Kier molecular flexibility index (Phi) is 35.8. The van der Waals surface area contributed by atoms with Gasteiger partial charge < -0.3 is 47.7 Å². The quantitative estimate of drug-likeness (QED) is 0.0117. The smallest absolute Gasteiger partial charge is 0.465 e. The Labute approximate surface area is 382 Å². The molecule has 0 saturated carbocycles. The Morgan fingerprint density at radius 3 is 0.917 bits per heavy atom. The van der Waals surface area contributed by atoms with Crippen molar-refractivity contribution in [2.24, 2.45) is 10.8 Å². The first kappa shape index (κ1) is 60.3. The van der Waals surface area contributed by atoms with E-state index in [4.69, 9.17) is 42.9 Å². The lowest BCUT2D eigenvalue weighted by Gasteiger charge is -2.35. The van der Waals surface area contributed by atoms with Crippen LogP contribution in [0, 0.1) is 10.8 Å².